The summed E-state index contributed by atoms with van der Waals surface area (Å²) in [5.41, 5.74) is 6.42. The SMILES string of the molecule is Nc1ncc(-c2cnc(CC3CC3)[nH]2)cc1OC(F)(F)F. The third-order valence-corrected chi connectivity index (χ3v) is 3.23. The number of aromatic amines is 1. The van der Waals surface area contributed by atoms with Gasteiger partial charge in [0.15, 0.2) is 11.6 Å². The van der Waals surface area contributed by atoms with Crippen LogP contribution in [-0.4, -0.2) is 21.3 Å². The van der Waals surface area contributed by atoms with Crippen molar-refractivity contribution in [3.63, 3.8) is 0 Å². The van der Waals surface area contributed by atoms with Crippen molar-refractivity contribution in [3.05, 3.63) is 24.3 Å². The van der Waals surface area contributed by atoms with Gasteiger partial charge in [-0.1, -0.05) is 0 Å². The first kappa shape index (κ1) is 13.7. The molecular formula is C13H13F3N4O. The standard InChI is InChI=1S/C13H13F3N4O/c14-13(15,16)21-10-4-8(5-19-12(10)17)9-6-18-11(20-9)3-7-1-2-7/h4-7H,1-3H2,(H2,17,19)(H,18,20). The van der Waals surface area contributed by atoms with Gasteiger partial charge in [-0.15, -0.1) is 13.2 Å². The van der Waals surface area contributed by atoms with E-state index in [0.717, 1.165) is 12.2 Å². The van der Waals surface area contributed by atoms with E-state index >= 15 is 0 Å². The molecule has 1 saturated carbocycles. The second kappa shape index (κ2) is 4.94. The lowest BCUT2D eigenvalue weighted by molar-refractivity contribution is -0.274. The summed E-state index contributed by atoms with van der Waals surface area (Å²) in [6.07, 6.45) is 1.40. The highest BCUT2D eigenvalue weighted by Gasteiger charge is 2.32. The first-order valence-electron chi connectivity index (χ1n) is 6.46. The van der Waals surface area contributed by atoms with Crippen molar-refractivity contribution in [2.45, 2.75) is 25.6 Å². The van der Waals surface area contributed by atoms with Gasteiger partial charge < -0.3 is 15.5 Å². The molecule has 0 saturated heterocycles. The molecule has 0 bridgehead atoms. The minimum Gasteiger partial charge on any atom is -0.402 e. The molecule has 1 aliphatic carbocycles. The van der Waals surface area contributed by atoms with Crippen molar-refractivity contribution in [2.75, 3.05) is 5.73 Å². The molecule has 0 radical (unpaired) electrons. The molecule has 2 aromatic rings. The van der Waals surface area contributed by atoms with Crippen molar-refractivity contribution < 1.29 is 17.9 Å². The Morgan fingerprint density at radius 3 is 2.71 bits per heavy atom. The number of nitrogens with zero attached hydrogens (tertiary/aromatic N) is 2. The van der Waals surface area contributed by atoms with Gasteiger partial charge in [0.1, 0.15) is 5.82 Å². The number of hydrogen-bond donors (Lipinski definition) is 2. The Balaban J connectivity index is 1.84. The number of alkyl halides is 3. The van der Waals surface area contributed by atoms with Crippen LogP contribution in [0, 0.1) is 5.92 Å². The third-order valence-electron chi connectivity index (χ3n) is 3.23. The summed E-state index contributed by atoms with van der Waals surface area (Å²) in [5.74, 6) is 0.660. The zero-order chi connectivity index (χ0) is 15.0. The molecule has 3 N–H and O–H groups in total. The number of nitrogens with one attached hydrogen (secondary N) is 1. The maximum absolute atomic E-state index is 12.3. The largest absolute Gasteiger partial charge is 0.573 e. The monoisotopic (exact) mass is 298 g/mol. The fourth-order valence-corrected chi connectivity index (χ4v) is 2.02. The van der Waals surface area contributed by atoms with Gasteiger partial charge in [0.2, 0.25) is 0 Å². The van der Waals surface area contributed by atoms with E-state index in [-0.39, 0.29) is 5.82 Å². The normalized spacial score (nSPS) is 15.2. The van der Waals surface area contributed by atoms with Crippen LogP contribution in [-0.2, 0) is 6.42 Å². The zero-order valence-electron chi connectivity index (χ0n) is 10.9. The highest BCUT2D eigenvalue weighted by molar-refractivity contribution is 5.63. The Morgan fingerprint density at radius 1 is 1.29 bits per heavy atom. The summed E-state index contributed by atoms with van der Waals surface area (Å²) in [6.45, 7) is 0. The molecule has 0 atom stereocenters. The summed E-state index contributed by atoms with van der Waals surface area (Å²) in [7, 11) is 0. The van der Waals surface area contributed by atoms with Crippen molar-refractivity contribution >= 4 is 5.82 Å². The Labute approximate surface area is 118 Å². The van der Waals surface area contributed by atoms with Gasteiger partial charge in [-0.25, -0.2) is 9.97 Å². The number of H-pyrrole nitrogens is 1. The molecule has 0 spiro atoms. The molecule has 2 aromatic heterocycles. The van der Waals surface area contributed by atoms with E-state index in [1.165, 1.54) is 25.1 Å². The molecular weight excluding hydrogens is 285 g/mol. The summed E-state index contributed by atoms with van der Waals surface area (Å²) >= 11 is 0. The number of rotatable bonds is 4. The maximum atomic E-state index is 12.3. The fourth-order valence-electron chi connectivity index (χ4n) is 2.02. The van der Waals surface area contributed by atoms with E-state index in [2.05, 4.69) is 19.7 Å². The van der Waals surface area contributed by atoms with Crippen LogP contribution in [0.3, 0.4) is 0 Å². The Bertz CT molecular complexity index is 649. The molecule has 0 aliphatic heterocycles. The number of hydrogen-bond acceptors (Lipinski definition) is 4. The number of aromatic nitrogens is 3. The van der Waals surface area contributed by atoms with Crippen LogP contribution in [0.2, 0.25) is 0 Å². The number of halogens is 3. The number of nitrogens with two attached hydrogens (primary N) is 1. The molecule has 0 aromatic carbocycles. The molecule has 21 heavy (non-hydrogen) atoms. The Morgan fingerprint density at radius 2 is 2.05 bits per heavy atom. The van der Waals surface area contributed by atoms with E-state index in [9.17, 15) is 13.2 Å². The van der Waals surface area contributed by atoms with E-state index < -0.39 is 12.1 Å². The van der Waals surface area contributed by atoms with Crippen molar-refractivity contribution in [1.29, 1.82) is 0 Å². The van der Waals surface area contributed by atoms with Crippen LogP contribution >= 0.6 is 0 Å². The van der Waals surface area contributed by atoms with Gasteiger partial charge in [0, 0.05) is 18.2 Å². The van der Waals surface area contributed by atoms with Gasteiger partial charge in [-0.3, -0.25) is 0 Å². The Kier molecular flexibility index (Phi) is 3.23. The molecule has 3 rings (SSSR count). The zero-order valence-corrected chi connectivity index (χ0v) is 10.9. The highest BCUT2D eigenvalue weighted by Crippen LogP contribution is 2.33. The van der Waals surface area contributed by atoms with Crippen molar-refractivity contribution in [3.8, 4) is 17.0 Å². The number of imidazole rings is 1. The predicted molar refractivity (Wildman–Crippen MR) is 69.3 cm³/mol. The van der Waals surface area contributed by atoms with E-state index in [4.69, 9.17) is 5.73 Å². The van der Waals surface area contributed by atoms with Crippen LogP contribution in [0.4, 0.5) is 19.0 Å². The topological polar surface area (TPSA) is 76.8 Å². The first-order chi connectivity index (χ1) is 9.90. The molecule has 112 valence electrons. The van der Waals surface area contributed by atoms with Crippen molar-refractivity contribution in [1.82, 2.24) is 15.0 Å². The van der Waals surface area contributed by atoms with Crippen molar-refractivity contribution in [2.24, 2.45) is 5.92 Å². The highest BCUT2D eigenvalue weighted by atomic mass is 19.4. The van der Waals surface area contributed by atoms with Gasteiger partial charge in [-0.05, 0) is 24.8 Å². The van der Waals surface area contributed by atoms with Gasteiger partial charge in [-0.2, -0.15) is 0 Å². The first-order valence-corrected chi connectivity index (χ1v) is 6.46. The van der Waals surface area contributed by atoms with Crippen LogP contribution in [0.15, 0.2) is 18.5 Å². The maximum Gasteiger partial charge on any atom is 0.573 e. The lowest BCUT2D eigenvalue weighted by atomic mass is 10.2. The van der Waals surface area contributed by atoms with Gasteiger partial charge >= 0.3 is 6.36 Å². The quantitative estimate of drug-likeness (QED) is 0.910. The van der Waals surface area contributed by atoms with Gasteiger partial charge in [0.05, 0.1) is 11.9 Å². The lowest BCUT2D eigenvalue weighted by Crippen LogP contribution is -2.18. The molecule has 8 heteroatoms. The van der Waals surface area contributed by atoms with E-state index in [1.54, 1.807) is 6.20 Å². The second-order valence-electron chi connectivity index (χ2n) is 5.05. The average molecular weight is 298 g/mol. The lowest BCUT2D eigenvalue weighted by Gasteiger charge is -2.11. The predicted octanol–water partition coefficient (Wildman–Crippen LogP) is 2.91. The number of anilines is 1. The minimum atomic E-state index is -4.81. The van der Waals surface area contributed by atoms with E-state index in [1.807, 2.05) is 0 Å². The smallest absolute Gasteiger partial charge is 0.402 e. The molecule has 0 unspecified atom stereocenters. The number of ether oxygens (including phenoxy) is 1. The number of nitrogen functional groups attached to an aromatic ring is 1. The Hall–Kier alpha value is -2.25. The summed E-state index contributed by atoms with van der Waals surface area (Å²) in [4.78, 5) is 11.0. The minimum absolute atomic E-state index is 0.311. The number of pyridine rings is 1. The van der Waals surface area contributed by atoms with E-state index in [0.29, 0.717) is 17.2 Å². The van der Waals surface area contributed by atoms with Crippen LogP contribution in [0.25, 0.3) is 11.3 Å². The molecule has 0 amide bonds. The fraction of sp³-hybridized carbons (Fsp3) is 0.385. The summed E-state index contributed by atoms with van der Waals surface area (Å²) < 4.78 is 40.7. The summed E-state index contributed by atoms with van der Waals surface area (Å²) in [5, 5.41) is 0. The molecule has 2 heterocycles. The molecule has 1 fully saturated rings. The summed E-state index contributed by atoms with van der Waals surface area (Å²) in [6, 6.07) is 1.20. The second-order valence-corrected chi connectivity index (χ2v) is 5.05. The van der Waals surface area contributed by atoms with Crippen LogP contribution in [0.1, 0.15) is 18.7 Å². The van der Waals surface area contributed by atoms with Crippen LogP contribution in [0.5, 0.6) is 5.75 Å². The van der Waals surface area contributed by atoms with Gasteiger partial charge in [0.25, 0.3) is 0 Å². The van der Waals surface area contributed by atoms with Crippen LogP contribution < -0.4 is 10.5 Å². The average Bonchev–Trinajstić information content (AvgIpc) is 3.07. The molecule has 1 aliphatic rings. The third kappa shape index (κ3) is 3.45. The molecule has 5 nitrogen and oxygen atoms in total.